The van der Waals surface area contributed by atoms with Crippen molar-refractivity contribution in [1.29, 1.82) is 0 Å². The molecular weight excluding hydrogens is 1710 g/mol. The number of nitrogens with one attached hydrogen (secondary N) is 3. The summed E-state index contributed by atoms with van der Waals surface area (Å²) in [6.07, 6.45) is 12.5. The van der Waals surface area contributed by atoms with Gasteiger partial charge in [-0.1, -0.05) is 43.9 Å². The van der Waals surface area contributed by atoms with Crippen molar-refractivity contribution < 1.29 is 131 Å². The number of carbonyl (C=O) groups is 11. The molecule has 8 aliphatic carbocycles. The Morgan fingerprint density at radius 3 is 1.16 bits per heavy atom. The SMILES string of the molecule is C[C@H](N)C(=O)O[C@@H](C)C(=O)OC1=CC[C@@]2(O)[C@H]3Cc4ccc(O)c5c4[C@@]2(CCN3C)[C@H]1O5.C[C@H](NC(=O)C1CCCC1)C(=O)O[C@@H](C)C(=O)OC1=CC[C@@]2(O)[C@H]3Cc4ccc(O)c5c4[C@@]2(CCN3C)[C@H]1O5.C[C@H](NC(=O)[C@@H]1CCCN1)C(=O)O[C@@H](C)C(=O)OC1=CC[C@@]2(O)[C@H]3Cc4ccc(O)c5c4[C@@]2(CCN3C)[C@H]1O5.ClCCl.O=C(ON1C(=O)CCC1=O)C1CCCC1. The van der Waals surface area contributed by atoms with Crippen LogP contribution in [-0.4, -0.2) is 264 Å². The molecule has 37 heteroatoms. The molecule has 694 valence electrons. The van der Waals surface area contributed by atoms with E-state index in [1.54, 1.807) is 36.4 Å². The van der Waals surface area contributed by atoms with Crippen LogP contribution < -0.4 is 35.9 Å². The van der Waals surface area contributed by atoms with Gasteiger partial charge in [0.25, 0.3) is 11.8 Å². The standard InChI is InChI=1S/C29H36N2O8.C28H35N3O8.C23H28N2O7.C10H13NO4.CH2Cl2/c1-15(30-25(33)17-6-4-5-7-17)26(34)37-16(2)27(35)38-20-10-11-29(36)21-14-18-8-9-19(32)23-22(18)28(29,24(20)39-23)12-13-31(21)3;1-14(30-24(33)17-5-4-11-29-17)25(34)37-15(2)26(35)38-19-8-9-28(36)20-13-16-6-7-18(32)22-21(16)27(28,23(19)39-22)10-12-31(20)3;1-11(24)20(27)30-12(2)21(28)31-15-6-7-23(29)16-10-13-4-5-14(26)18-17(13)22(23,19(15)32-18)8-9-25(16)3;12-8-5-6-9(13)11(8)15-10(14)7-3-1-2-4-7;2-1-3/h8-10,15-17,21,24,32,36H,4-7,11-14H2,1-3H3,(H,30,33);6-8,14-15,17,20,23,29,32,36H,4-5,9-13H2,1-3H3,(H,30,33);4-6,11-12,16,19,26,29H,7-10,24H2,1-3H3;7H,1-6H2;1H2/t15-,16-,21+,24-,28-,29+;14-,15-,17-,20+,23-,27-,28+;11-,12-,16+,19-,22-,23+;;/m000../s1. The third kappa shape index (κ3) is 15.9. The van der Waals surface area contributed by atoms with E-state index < -0.39 is 141 Å². The van der Waals surface area contributed by atoms with E-state index in [2.05, 4.69) is 30.7 Å². The van der Waals surface area contributed by atoms with E-state index in [1.165, 1.54) is 41.5 Å². The highest BCUT2D eigenvalue weighted by Gasteiger charge is 2.76. The maximum absolute atomic E-state index is 13.1. The predicted molar refractivity (Wildman–Crippen MR) is 452 cm³/mol. The van der Waals surface area contributed by atoms with Crippen LogP contribution in [-0.2, 0) is 122 Å². The number of phenols is 3. The number of nitrogens with two attached hydrogens (primary N) is 1. The first-order valence-corrected chi connectivity index (χ1v) is 45.4. The number of amides is 4. The molecule has 128 heavy (non-hydrogen) atoms. The Labute approximate surface area is 749 Å². The second-order valence-electron chi connectivity index (χ2n) is 36.8. The lowest BCUT2D eigenvalue weighted by molar-refractivity contribution is -0.200. The van der Waals surface area contributed by atoms with Crippen LogP contribution in [0.15, 0.2) is 71.9 Å². The van der Waals surface area contributed by atoms with Crippen molar-refractivity contribution in [2.45, 2.75) is 288 Å². The van der Waals surface area contributed by atoms with Crippen molar-refractivity contribution in [2.24, 2.45) is 17.6 Å². The lowest BCUT2D eigenvalue weighted by Gasteiger charge is -2.61. The van der Waals surface area contributed by atoms with E-state index in [9.17, 15) is 83.4 Å². The molecule has 16 aliphatic rings. The summed E-state index contributed by atoms with van der Waals surface area (Å²) in [5.41, 5.74) is 4.85. The molecule has 35 nitrogen and oxygen atoms in total. The smallest absolute Gasteiger partial charge is 0.352 e. The number of phenolic OH excluding ortho intramolecular Hbond substituents is 3. The summed E-state index contributed by atoms with van der Waals surface area (Å²) in [5.74, 6) is -4.75. The van der Waals surface area contributed by atoms with Gasteiger partial charge >= 0.3 is 41.8 Å². The van der Waals surface area contributed by atoms with Gasteiger partial charge in [-0.15, -0.1) is 28.3 Å². The van der Waals surface area contributed by atoms with Gasteiger partial charge < -0.3 is 114 Å². The summed E-state index contributed by atoms with van der Waals surface area (Å²) in [6.45, 7) is 11.6. The zero-order chi connectivity index (χ0) is 91.9. The number of likely N-dealkylation sites (tertiary alicyclic amines) is 3. The molecule has 0 unspecified atom stereocenters. The molecule has 8 aliphatic heterocycles. The average Bonchev–Trinajstić information content (AvgIpc) is 1.49. The van der Waals surface area contributed by atoms with Crippen molar-refractivity contribution >= 4 is 88.6 Å². The lowest BCUT2D eigenvalue weighted by Crippen LogP contribution is -2.74. The normalized spacial score (nSPS) is 31.4. The average molecular weight is 1820 g/mol. The number of carbonyl (C=O) groups excluding carboxylic acids is 11. The second-order valence-corrected chi connectivity index (χ2v) is 37.6. The van der Waals surface area contributed by atoms with E-state index in [0.29, 0.717) is 80.3 Å². The maximum atomic E-state index is 13.1. The molecule has 6 bridgehead atoms. The van der Waals surface area contributed by atoms with Crippen molar-refractivity contribution in [1.82, 2.24) is 35.7 Å². The summed E-state index contributed by atoms with van der Waals surface area (Å²) in [6, 6.07) is 6.95. The number of esters is 6. The Hall–Kier alpha value is -9.69. The molecule has 4 amide bonds. The van der Waals surface area contributed by atoms with Gasteiger partial charge in [0, 0.05) is 72.8 Å². The Bertz CT molecular complexity index is 4840. The molecule has 11 N–H and O–H groups in total. The highest BCUT2D eigenvalue weighted by atomic mass is 35.5. The number of aromatic hydroxyl groups is 3. The summed E-state index contributed by atoms with van der Waals surface area (Å²) >= 11 is 9.53. The van der Waals surface area contributed by atoms with E-state index >= 15 is 0 Å². The van der Waals surface area contributed by atoms with Gasteiger partial charge in [0.2, 0.25) is 11.8 Å². The van der Waals surface area contributed by atoms with Gasteiger partial charge in [-0.3, -0.25) is 24.0 Å². The topological polar surface area (TPSA) is 477 Å². The molecule has 3 aromatic rings. The summed E-state index contributed by atoms with van der Waals surface area (Å²) < 4.78 is 51.7. The number of hydrogen-bond acceptors (Lipinski definition) is 32. The van der Waals surface area contributed by atoms with Crippen molar-refractivity contribution in [3.8, 4) is 34.5 Å². The number of aliphatic hydroxyl groups is 3. The molecular formula is C91H114Cl2N8O27. The van der Waals surface area contributed by atoms with Gasteiger partial charge in [0.15, 0.2) is 71.1 Å². The Morgan fingerprint density at radius 2 is 0.828 bits per heavy atom. The van der Waals surface area contributed by atoms with Crippen LogP contribution in [0, 0.1) is 11.8 Å². The minimum absolute atomic E-state index is 0.00263. The Kier molecular flexibility index (Phi) is 26.3. The third-order valence-electron chi connectivity index (χ3n) is 29.4. The number of hydroxylamine groups is 2. The molecule has 7 fully saturated rings. The first-order chi connectivity index (χ1) is 60.8. The summed E-state index contributed by atoms with van der Waals surface area (Å²) in [7, 11) is 6.00. The number of benzene rings is 3. The minimum Gasteiger partial charge on any atom is -0.504 e. The molecule has 3 spiro atoms. The Morgan fingerprint density at radius 1 is 0.492 bits per heavy atom. The first-order valence-electron chi connectivity index (χ1n) is 44.3. The minimum atomic E-state index is -1.25. The highest BCUT2D eigenvalue weighted by Crippen LogP contribution is 2.69. The molecule has 3 aromatic carbocycles. The lowest BCUT2D eigenvalue weighted by atomic mass is 9.50. The largest absolute Gasteiger partial charge is 0.504 e. The molecule has 8 heterocycles. The number of imide groups is 1. The molecule has 5 saturated heterocycles. The number of piperidine rings is 3. The van der Waals surface area contributed by atoms with Crippen LogP contribution in [0.2, 0.25) is 0 Å². The van der Waals surface area contributed by atoms with Crippen molar-refractivity contribution in [3.05, 3.63) is 105 Å². The van der Waals surface area contributed by atoms with E-state index in [1.807, 2.05) is 39.3 Å². The molecule has 0 aromatic heterocycles. The molecule has 19 atom stereocenters. The maximum Gasteiger partial charge on any atom is 0.352 e. The summed E-state index contributed by atoms with van der Waals surface area (Å²) in [5, 5.41) is 77.4. The van der Waals surface area contributed by atoms with E-state index in [0.717, 1.165) is 104 Å². The quantitative estimate of drug-likeness (QED) is 0.0349. The predicted octanol–water partition coefficient (Wildman–Crippen LogP) is 4.94. The number of alkyl halides is 2. The van der Waals surface area contributed by atoms with Gasteiger partial charge in [0.05, 0.1) is 50.3 Å². The van der Waals surface area contributed by atoms with Crippen LogP contribution in [0.25, 0.3) is 0 Å². The molecule has 19 rings (SSSR count). The third-order valence-corrected chi connectivity index (χ3v) is 29.4. The van der Waals surface area contributed by atoms with Crippen LogP contribution in [0.1, 0.15) is 190 Å². The highest BCUT2D eigenvalue weighted by molar-refractivity contribution is 6.40. The van der Waals surface area contributed by atoms with Crippen molar-refractivity contribution in [3.63, 3.8) is 0 Å². The van der Waals surface area contributed by atoms with Crippen molar-refractivity contribution in [2.75, 3.05) is 52.7 Å². The monoisotopic (exact) mass is 1820 g/mol. The van der Waals surface area contributed by atoms with E-state index in [-0.39, 0.29) is 120 Å². The fourth-order valence-corrected chi connectivity index (χ4v) is 22.7. The molecule has 2 saturated carbocycles. The number of likely N-dealkylation sites (N-methyl/N-ethyl adjacent to an activating group) is 3. The van der Waals surface area contributed by atoms with Crippen LogP contribution >= 0.6 is 23.2 Å². The number of nitrogens with zero attached hydrogens (tertiary/aromatic N) is 4. The van der Waals surface area contributed by atoms with Gasteiger partial charge in [0.1, 0.15) is 35.4 Å². The van der Waals surface area contributed by atoms with Gasteiger partial charge in [-0.05, 0) is 219 Å². The second kappa shape index (κ2) is 36.2. The Balaban J connectivity index is 0.000000135. The number of hydrogen-bond donors (Lipinski definition) is 10. The summed E-state index contributed by atoms with van der Waals surface area (Å²) in [4.78, 5) is 146. The first kappa shape index (κ1) is 93.0. The van der Waals surface area contributed by atoms with Gasteiger partial charge in [-0.2, -0.15) is 0 Å². The fraction of sp³-hybridized carbons (Fsp3) is 0.615. The van der Waals surface area contributed by atoms with Gasteiger partial charge in [-0.25, -0.2) is 28.8 Å². The zero-order valence-corrected chi connectivity index (χ0v) is 74.6. The van der Waals surface area contributed by atoms with Crippen LogP contribution in [0.5, 0.6) is 34.5 Å². The number of halogens is 2. The zero-order valence-electron chi connectivity index (χ0n) is 73.1. The van der Waals surface area contributed by atoms with Crippen LogP contribution in [0.3, 0.4) is 0 Å². The molecule has 0 radical (unpaired) electrons. The number of ether oxygens (including phenoxy) is 9. The van der Waals surface area contributed by atoms with Crippen LogP contribution in [0.4, 0.5) is 0 Å². The number of rotatable bonds is 18. The fourth-order valence-electron chi connectivity index (χ4n) is 22.7. The van der Waals surface area contributed by atoms with E-state index in [4.69, 9.17) is 76.4 Å².